The number of nitrogens with zero attached hydrogens (tertiary/aromatic N) is 1. The third-order valence-corrected chi connectivity index (χ3v) is 5.07. The lowest BCUT2D eigenvalue weighted by Crippen LogP contribution is -2.47. The van der Waals surface area contributed by atoms with Crippen molar-refractivity contribution in [1.29, 1.82) is 0 Å². The maximum absolute atomic E-state index is 13.0. The summed E-state index contributed by atoms with van der Waals surface area (Å²) >= 11 is 0. The van der Waals surface area contributed by atoms with Gasteiger partial charge in [-0.05, 0) is 44.7 Å². The van der Waals surface area contributed by atoms with Gasteiger partial charge in [-0.1, -0.05) is 41.5 Å². The first kappa shape index (κ1) is 19.3. The van der Waals surface area contributed by atoms with Gasteiger partial charge in [0.25, 0.3) is 0 Å². The second-order valence-electron chi connectivity index (χ2n) is 9.88. The fourth-order valence-corrected chi connectivity index (χ4v) is 2.81. The van der Waals surface area contributed by atoms with Crippen molar-refractivity contribution in [2.24, 2.45) is 5.41 Å². The molecule has 0 aromatic carbocycles. The number of hydrogen-bond donors (Lipinski definition) is 0. The summed E-state index contributed by atoms with van der Waals surface area (Å²) in [4.78, 5) is 13.0. The highest BCUT2D eigenvalue weighted by Gasteiger charge is 2.54. The van der Waals surface area contributed by atoms with Crippen LogP contribution in [-0.4, -0.2) is 28.8 Å². The molecule has 0 spiro atoms. The van der Waals surface area contributed by atoms with E-state index >= 15 is 0 Å². The molecule has 0 amide bonds. The molecule has 1 saturated heterocycles. The maximum atomic E-state index is 13.0. The van der Waals surface area contributed by atoms with Crippen LogP contribution in [0.3, 0.4) is 0 Å². The van der Waals surface area contributed by atoms with Crippen LogP contribution in [0.1, 0.15) is 79.6 Å². The van der Waals surface area contributed by atoms with E-state index in [1.54, 1.807) is 4.57 Å². The molecule has 0 bridgehead atoms. The van der Waals surface area contributed by atoms with Gasteiger partial charge < -0.3 is 9.31 Å². The van der Waals surface area contributed by atoms with Crippen LogP contribution in [0.5, 0.6) is 0 Å². The Labute approximate surface area is 147 Å². The molecule has 0 atom stereocenters. The molecule has 2 heterocycles. The number of hydrogen-bond acceptors (Lipinski definition) is 3. The van der Waals surface area contributed by atoms with Gasteiger partial charge in [0.05, 0.1) is 16.8 Å². The molecular formula is C19H32BNO3. The van der Waals surface area contributed by atoms with E-state index in [0.29, 0.717) is 0 Å². The molecule has 134 valence electrons. The van der Waals surface area contributed by atoms with Crippen molar-refractivity contribution in [2.75, 3.05) is 0 Å². The van der Waals surface area contributed by atoms with E-state index in [9.17, 15) is 4.79 Å². The third-order valence-electron chi connectivity index (χ3n) is 5.07. The highest BCUT2D eigenvalue weighted by atomic mass is 16.7. The fourth-order valence-electron chi connectivity index (χ4n) is 2.81. The Hall–Kier alpha value is -1.07. The molecular weight excluding hydrogens is 301 g/mol. The lowest BCUT2D eigenvalue weighted by Gasteiger charge is -2.32. The van der Waals surface area contributed by atoms with Crippen molar-refractivity contribution in [3.63, 3.8) is 0 Å². The standard InChI is InChI=1S/C19H32BNO3/c1-16(2,3)13-11-12-21(15(22)17(4,5)6)14(13)20-23-18(7,8)19(9,10)24-20/h11-12H,1-10H3. The SMILES string of the molecule is CC(C)(C)C(=O)n1ccc(C(C)(C)C)c1B1OC(C)(C)C(C)(C)O1. The fraction of sp³-hybridized carbons (Fsp3) is 0.737. The number of rotatable bonds is 1. The van der Waals surface area contributed by atoms with Crippen molar-refractivity contribution < 1.29 is 14.1 Å². The molecule has 0 radical (unpaired) electrons. The van der Waals surface area contributed by atoms with Crippen molar-refractivity contribution >= 4 is 18.6 Å². The molecule has 0 aliphatic carbocycles. The van der Waals surface area contributed by atoms with Gasteiger partial charge in [0.2, 0.25) is 5.91 Å². The molecule has 1 fully saturated rings. The Kier molecular flexibility index (Phi) is 4.39. The van der Waals surface area contributed by atoms with E-state index in [2.05, 4.69) is 20.8 Å². The number of aromatic nitrogens is 1. The van der Waals surface area contributed by atoms with Crippen LogP contribution in [0.15, 0.2) is 12.3 Å². The minimum atomic E-state index is -0.550. The number of carbonyl (C=O) groups is 1. The average Bonchev–Trinajstić information content (AvgIpc) is 2.86. The van der Waals surface area contributed by atoms with Crippen LogP contribution in [0.2, 0.25) is 0 Å². The summed E-state index contributed by atoms with van der Waals surface area (Å²) in [5.41, 5.74) is 0.438. The molecule has 0 unspecified atom stereocenters. The second kappa shape index (κ2) is 5.47. The monoisotopic (exact) mass is 333 g/mol. The van der Waals surface area contributed by atoms with E-state index in [1.165, 1.54) is 0 Å². The highest BCUT2D eigenvalue weighted by Crippen LogP contribution is 2.37. The van der Waals surface area contributed by atoms with Gasteiger partial charge in [0.1, 0.15) is 0 Å². The van der Waals surface area contributed by atoms with Gasteiger partial charge in [0, 0.05) is 11.6 Å². The summed E-state index contributed by atoms with van der Waals surface area (Å²) in [5, 5.41) is 0. The quantitative estimate of drug-likeness (QED) is 0.735. The molecule has 1 aliphatic rings. The summed E-state index contributed by atoms with van der Waals surface area (Å²) in [7, 11) is -0.550. The van der Waals surface area contributed by atoms with Gasteiger partial charge in [-0.15, -0.1) is 0 Å². The van der Waals surface area contributed by atoms with Crippen LogP contribution < -0.4 is 5.59 Å². The van der Waals surface area contributed by atoms with Gasteiger partial charge in [-0.3, -0.25) is 9.36 Å². The normalized spacial score (nSPS) is 20.5. The van der Waals surface area contributed by atoms with Crippen molar-refractivity contribution in [1.82, 2.24) is 4.57 Å². The van der Waals surface area contributed by atoms with Gasteiger partial charge in [0.15, 0.2) is 0 Å². The van der Waals surface area contributed by atoms with Gasteiger partial charge in [-0.2, -0.15) is 0 Å². The zero-order valence-electron chi connectivity index (χ0n) is 16.9. The molecule has 1 aliphatic heterocycles. The van der Waals surface area contributed by atoms with Crippen molar-refractivity contribution in [3.05, 3.63) is 17.8 Å². The molecule has 1 aromatic heterocycles. The first-order valence-electron chi connectivity index (χ1n) is 8.70. The number of carbonyl (C=O) groups excluding carboxylic acids is 1. The summed E-state index contributed by atoms with van der Waals surface area (Å²) in [6.45, 7) is 20.3. The van der Waals surface area contributed by atoms with Crippen molar-refractivity contribution in [2.45, 2.75) is 85.9 Å². The van der Waals surface area contributed by atoms with Crippen molar-refractivity contribution in [3.8, 4) is 0 Å². The maximum Gasteiger partial charge on any atom is 0.513 e. The molecule has 4 nitrogen and oxygen atoms in total. The second-order valence-corrected chi connectivity index (χ2v) is 9.88. The Morgan fingerprint density at radius 3 is 1.83 bits per heavy atom. The lowest BCUT2D eigenvalue weighted by atomic mass is 9.74. The van der Waals surface area contributed by atoms with E-state index in [-0.39, 0.29) is 11.3 Å². The minimum absolute atomic E-state index is 0.0442. The first-order valence-corrected chi connectivity index (χ1v) is 8.70. The molecule has 1 aromatic rings. The highest BCUT2D eigenvalue weighted by molar-refractivity contribution is 6.62. The Morgan fingerprint density at radius 1 is 1.00 bits per heavy atom. The smallest absolute Gasteiger partial charge is 0.398 e. The topological polar surface area (TPSA) is 40.5 Å². The zero-order valence-corrected chi connectivity index (χ0v) is 16.9. The Balaban J connectivity index is 2.60. The minimum Gasteiger partial charge on any atom is -0.398 e. The molecule has 0 N–H and O–H groups in total. The Bertz CT molecular complexity index is 629. The lowest BCUT2D eigenvalue weighted by molar-refractivity contribution is 0.00578. The predicted octanol–water partition coefficient (Wildman–Crippen LogP) is 3.77. The summed E-state index contributed by atoms with van der Waals surface area (Å²) in [5.74, 6) is 0.0442. The van der Waals surface area contributed by atoms with E-state index in [1.807, 2.05) is 60.7 Å². The van der Waals surface area contributed by atoms with E-state index in [0.717, 1.165) is 11.2 Å². The van der Waals surface area contributed by atoms with Crippen LogP contribution in [-0.2, 0) is 14.7 Å². The molecule has 0 saturated carbocycles. The summed E-state index contributed by atoms with van der Waals surface area (Å²) < 4.78 is 14.2. The summed E-state index contributed by atoms with van der Waals surface area (Å²) in [6.07, 6.45) is 1.86. The van der Waals surface area contributed by atoms with E-state index < -0.39 is 23.7 Å². The Morgan fingerprint density at radius 2 is 1.46 bits per heavy atom. The zero-order chi connectivity index (χ0) is 18.7. The largest absolute Gasteiger partial charge is 0.513 e. The third kappa shape index (κ3) is 3.21. The average molecular weight is 333 g/mol. The van der Waals surface area contributed by atoms with Gasteiger partial charge >= 0.3 is 7.12 Å². The van der Waals surface area contributed by atoms with Crippen LogP contribution in [0.25, 0.3) is 0 Å². The first-order chi connectivity index (χ1) is 10.6. The molecule has 24 heavy (non-hydrogen) atoms. The molecule has 2 rings (SSSR count). The molecule has 5 heteroatoms. The van der Waals surface area contributed by atoms with Crippen LogP contribution >= 0.6 is 0 Å². The van der Waals surface area contributed by atoms with Crippen LogP contribution in [0.4, 0.5) is 0 Å². The van der Waals surface area contributed by atoms with Gasteiger partial charge in [-0.25, -0.2) is 0 Å². The van der Waals surface area contributed by atoms with E-state index in [4.69, 9.17) is 9.31 Å². The van der Waals surface area contributed by atoms with Crippen LogP contribution in [0, 0.1) is 5.41 Å². The predicted molar refractivity (Wildman–Crippen MR) is 98.9 cm³/mol. The summed E-state index contributed by atoms with van der Waals surface area (Å²) in [6, 6.07) is 2.02.